The zero-order chi connectivity index (χ0) is 24.4. The molecule has 7 nitrogen and oxygen atoms in total. The average Bonchev–Trinajstić information content (AvgIpc) is 3.02. The van der Waals surface area contributed by atoms with Crippen LogP contribution < -0.4 is 5.32 Å². The summed E-state index contributed by atoms with van der Waals surface area (Å²) in [7, 11) is 0. The molecule has 3 rings (SSSR count). The average molecular weight is 454 g/mol. The Morgan fingerprint density at radius 3 is 1.94 bits per heavy atom. The minimum atomic E-state index is -1.33. The molecule has 2 aromatic rings. The van der Waals surface area contributed by atoms with Crippen molar-refractivity contribution in [2.24, 2.45) is 5.41 Å². The van der Waals surface area contributed by atoms with E-state index in [4.69, 9.17) is 9.47 Å². The summed E-state index contributed by atoms with van der Waals surface area (Å²) < 4.78 is 10.8. The van der Waals surface area contributed by atoms with Crippen molar-refractivity contribution in [3.05, 3.63) is 59.7 Å². The summed E-state index contributed by atoms with van der Waals surface area (Å²) in [6, 6.07) is 14.6. The number of carbonyl (C=O) groups excluding carboxylic acids is 2. The molecule has 0 aliphatic heterocycles. The van der Waals surface area contributed by atoms with E-state index in [2.05, 4.69) is 5.32 Å². The molecule has 1 amide bonds. The van der Waals surface area contributed by atoms with Gasteiger partial charge < -0.3 is 19.9 Å². The number of carboxylic acid groups (broad SMARTS) is 1. The van der Waals surface area contributed by atoms with E-state index in [-0.39, 0.29) is 18.9 Å². The van der Waals surface area contributed by atoms with Crippen LogP contribution in [-0.4, -0.2) is 41.4 Å². The number of aliphatic carboxylic acids is 1. The number of esters is 1. The topological polar surface area (TPSA) is 102 Å². The number of hydrogen-bond donors (Lipinski definition) is 2. The highest BCUT2D eigenvalue weighted by molar-refractivity contribution is 5.82. The third kappa shape index (κ3) is 5.72. The van der Waals surface area contributed by atoms with Gasteiger partial charge in [0.25, 0.3) is 0 Å². The van der Waals surface area contributed by atoms with E-state index < -0.39 is 35.1 Å². The summed E-state index contributed by atoms with van der Waals surface area (Å²) in [5.41, 5.74) is 2.54. The Kier molecular flexibility index (Phi) is 6.81. The van der Waals surface area contributed by atoms with E-state index >= 15 is 0 Å². The van der Waals surface area contributed by atoms with Gasteiger partial charge >= 0.3 is 18.0 Å². The number of amides is 1. The molecule has 0 saturated heterocycles. The molecule has 0 saturated carbocycles. The van der Waals surface area contributed by atoms with Crippen LogP contribution in [-0.2, 0) is 19.1 Å². The molecule has 1 aliphatic carbocycles. The van der Waals surface area contributed by atoms with Gasteiger partial charge in [-0.15, -0.1) is 0 Å². The largest absolute Gasteiger partial charge is 0.480 e. The lowest BCUT2D eigenvalue weighted by Gasteiger charge is -2.32. The van der Waals surface area contributed by atoms with Gasteiger partial charge in [-0.1, -0.05) is 62.4 Å². The lowest BCUT2D eigenvalue weighted by atomic mass is 9.81. The van der Waals surface area contributed by atoms with Crippen LogP contribution in [0.1, 0.15) is 58.1 Å². The monoisotopic (exact) mass is 453 g/mol. The zero-order valence-corrected chi connectivity index (χ0v) is 19.7. The molecule has 7 heteroatoms. The molecule has 33 heavy (non-hydrogen) atoms. The zero-order valence-electron chi connectivity index (χ0n) is 19.7. The second kappa shape index (κ2) is 9.25. The maximum atomic E-state index is 12.6. The van der Waals surface area contributed by atoms with Crippen molar-refractivity contribution in [3.63, 3.8) is 0 Å². The van der Waals surface area contributed by atoms with E-state index in [0.717, 1.165) is 22.3 Å². The second-order valence-electron chi connectivity index (χ2n) is 9.99. The van der Waals surface area contributed by atoms with Crippen LogP contribution in [0.25, 0.3) is 11.1 Å². The summed E-state index contributed by atoms with van der Waals surface area (Å²) in [5.74, 6) is -1.92. The molecule has 0 unspecified atom stereocenters. The third-order valence-corrected chi connectivity index (χ3v) is 5.65. The van der Waals surface area contributed by atoms with Gasteiger partial charge in [-0.3, -0.25) is 4.79 Å². The highest BCUT2D eigenvalue weighted by atomic mass is 16.6. The van der Waals surface area contributed by atoms with Crippen molar-refractivity contribution in [3.8, 4) is 11.1 Å². The van der Waals surface area contributed by atoms with E-state index in [1.807, 2.05) is 48.5 Å². The Morgan fingerprint density at radius 1 is 0.939 bits per heavy atom. The number of rotatable bonds is 7. The van der Waals surface area contributed by atoms with Crippen LogP contribution >= 0.6 is 0 Å². The molecule has 1 aliphatic rings. The molecular formula is C26H31NO6. The van der Waals surface area contributed by atoms with Crippen molar-refractivity contribution in [2.75, 3.05) is 6.61 Å². The fraction of sp³-hybridized carbons (Fsp3) is 0.423. The molecule has 0 radical (unpaired) electrons. The van der Waals surface area contributed by atoms with Crippen molar-refractivity contribution >= 4 is 18.0 Å². The number of carbonyl (C=O) groups is 3. The maximum Gasteiger partial charge on any atom is 0.407 e. The van der Waals surface area contributed by atoms with E-state index in [1.54, 1.807) is 34.6 Å². The Balaban J connectivity index is 1.68. The molecule has 2 aromatic carbocycles. The van der Waals surface area contributed by atoms with E-state index in [9.17, 15) is 19.5 Å². The normalized spacial score (nSPS) is 14.1. The molecule has 2 N–H and O–H groups in total. The van der Waals surface area contributed by atoms with Crippen LogP contribution in [0.15, 0.2) is 48.5 Å². The third-order valence-electron chi connectivity index (χ3n) is 5.65. The van der Waals surface area contributed by atoms with Gasteiger partial charge in [-0.05, 0) is 43.0 Å². The van der Waals surface area contributed by atoms with Crippen LogP contribution in [0.5, 0.6) is 0 Å². The van der Waals surface area contributed by atoms with Gasteiger partial charge in [0, 0.05) is 11.3 Å². The summed E-state index contributed by atoms with van der Waals surface area (Å²) in [5, 5.41) is 12.1. The summed E-state index contributed by atoms with van der Waals surface area (Å²) >= 11 is 0. The molecule has 0 bridgehead atoms. The molecule has 0 heterocycles. The van der Waals surface area contributed by atoms with Crippen molar-refractivity contribution < 1.29 is 29.0 Å². The predicted octanol–water partition coefficient (Wildman–Crippen LogP) is 4.74. The molecular weight excluding hydrogens is 422 g/mol. The number of hydrogen-bond acceptors (Lipinski definition) is 5. The quantitative estimate of drug-likeness (QED) is 0.588. The highest BCUT2D eigenvalue weighted by Gasteiger charge is 2.40. The standard InChI is InChI=1S/C26H31NO6/c1-25(2,3)33-21(28)14-26(4,5)22(23(29)30)27-24(31)32-15-20-18-12-8-6-10-16(18)17-11-7-9-13-19(17)20/h6-13,20,22H,14-15H2,1-5H3,(H,27,31)(H,29,30)/t22-/m1/s1. The van der Waals surface area contributed by atoms with E-state index in [1.165, 1.54) is 0 Å². The summed E-state index contributed by atoms with van der Waals surface area (Å²) in [4.78, 5) is 36.8. The number of alkyl carbamates (subject to hydrolysis) is 1. The minimum Gasteiger partial charge on any atom is -0.480 e. The van der Waals surface area contributed by atoms with Crippen molar-refractivity contribution in [1.82, 2.24) is 5.32 Å². The van der Waals surface area contributed by atoms with Gasteiger partial charge in [0.15, 0.2) is 0 Å². The number of carboxylic acids is 1. The van der Waals surface area contributed by atoms with Crippen LogP contribution in [0, 0.1) is 5.41 Å². The van der Waals surface area contributed by atoms with Gasteiger partial charge in [-0.2, -0.15) is 0 Å². The number of benzene rings is 2. The van der Waals surface area contributed by atoms with Crippen LogP contribution in [0.4, 0.5) is 4.79 Å². The first-order valence-electron chi connectivity index (χ1n) is 11.0. The number of ether oxygens (including phenoxy) is 2. The SMILES string of the molecule is CC(C)(C)OC(=O)CC(C)(C)[C@H](NC(=O)OCC1c2ccccc2-c2ccccc21)C(=O)O. The van der Waals surface area contributed by atoms with Crippen molar-refractivity contribution in [1.29, 1.82) is 0 Å². The van der Waals surface area contributed by atoms with E-state index in [0.29, 0.717) is 0 Å². The smallest absolute Gasteiger partial charge is 0.407 e. The van der Waals surface area contributed by atoms with Gasteiger partial charge in [0.2, 0.25) is 0 Å². The lowest BCUT2D eigenvalue weighted by Crippen LogP contribution is -2.51. The molecule has 176 valence electrons. The second-order valence-corrected chi connectivity index (χ2v) is 9.99. The number of nitrogens with one attached hydrogen (secondary N) is 1. The fourth-order valence-corrected chi connectivity index (χ4v) is 4.20. The first-order chi connectivity index (χ1) is 15.4. The van der Waals surface area contributed by atoms with Crippen LogP contribution in [0.3, 0.4) is 0 Å². The molecule has 0 spiro atoms. The molecule has 1 atom stereocenters. The first kappa shape index (κ1) is 24.3. The maximum absolute atomic E-state index is 12.6. The van der Waals surface area contributed by atoms with Crippen LogP contribution in [0.2, 0.25) is 0 Å². The lowest BCUT2D eigenvalue weighted by molar-refractivity contribution is -0.158. The van der Waals surface area contributed by atoms with Gasteiger partial charge in [-0.25, -0.2) is 9.59 Å². The summed E-state index contributed by atoms with van der Waals surface area (Å²) in [6.07, 6.45) is -1.02. The fourth-order valence-electron chi connectivity index (χ4n) is 4.20. The Morgan fingerprint density at radius 2 is 1.45 bits per heavy atom. The van der Waals surface area contributed by atoms with Gasteiger partial charge in [0.1, 0.15) is 18.2 Å². The molecule has 0 aromatic heterocycles. The molecule has 0 fully saturated rings. The first-order valence-corrected chi connectivity index (χ1v) is 11.0. The minimum absolute atomic E-state index is 0.0681. The summed E-state index contributed by atoms with van der Waals surface area (Å²) in [6.45, 7) is 8.47. The Labute approximate surface area is 194 Å². The number of fused-ring (bicyclic) bond motifs is 3. The highest BCUT2D eigenvalue weighted by Crippen LogP contribution is 2.44. The van der Waals surface area contributed by atoms with Crippen molar-refractivity contribution in [2.45, 2.75) is 58.6 Å². The Bertz CT molecular complexity index is 1010. The Hall–Kier alpha value is -3.35. The van der Waals surface area contributed by atoms with Gasteiger partial charge in [0.05, 0.1) is 6.42 Å². The predicted molar refractivity (Wildman–Crippen MR) is 124 cm³/mol.